The van der Waals surface area contributed by atoms with Crippen molar-refractivity contribution in [1.29, 1.82) is 0 Å². The first-order valence-electron chi connectivity index (χ1n) is 5.29. The maximum Gasteiger partial charge on any atom is 0.325 e. The molecule has 0 aliphatic carbocycles. The lowest BCUT2D eigenvalue weighted by atomic mass is 10.1. The molecule has 4 heteroatoms. The zero-order valence-corrected chi connectivity index (χ0v) is 9.30. The summed E-state index contributed by atoms with van der Waals surface area (Å²) in [5.41, 5.74) is 6.41. The molecule has 1 aromatic carbocycles. The number of hydrogen-bond donors (Lipinski definition) is 2. The second-order valence-electron chi connectivity index (χ2n) is 3.59. The van der Waals surface area contributed by atoms with Crippen molar-refractivity contribution in [2.45, 2.75) is 32.1 Å². The van der Waals surface area contributed by atoms with E-state index in [2.05, 4.69) is 0 Å². The first kappa shape index (κ1) is 12.7. The number of benzene rings is 1. The molecule has 0 spiro atoms. The van der Waals surface area contributed by atoms with Crippen LogP contribution in [0.15, 0.2) is 30.3 Å². The Kier molecular flexibility index (Phi) is 4.95. The zero-order valence-electron chi connectivity index (χ0n) is 9.30. The van der Waals surface area contributed by atoms with Crippen LogP contribution in [0.4, 0.5) is 0 Å². The second-order valence-corrected chi connectivity index (χ2v) is 3.59. The van der Waals surface area contributed by atoms with E-state index in [0.717, 1.165) is 5.56 Å². The SMILES string of the molecule is CCC(O)[C@H](N)C(=O)OCc1ccccc1. The lowest BCUT2D eigenvalue weighted by Crippen LogP contribution is -2.42. The first-order chi connectivity index (χ1) is 7.65. The van der Waals surface area contributed by atoms with Gasteiger partial charge in [-0.25, -0.2) is 0 Å². The van der Waals surface area contributed by atoms with Gasteiger partial charge in [-0.15, -0.1) is 0 Å². The van der Waals surface area contributed by atoms with Crippen molar-refractivity contribution in [3.8, 4) is 0 Å². The van der Waals surface area contributed by atoms with Gasteiger partial charge >= 0.3 is 5.97 Å². The third-order valence-electron chi connectivity index (χ3n) is 2.33. The van der Waals surface area contributed by atoms with E-state index < -0.39 is 18.1 Å². The van der Waals surface area contributed by atoms with E-state index in [-0.39, 0.29) is 6.61 Å². The van der Waals surface area contributed by atoms with Gasteiger partial charge in [-0.2, -0.15) is 0 Å². The second kappa shape index (κ2) is 6.25. The smallest absolute Gasteiger partial charge is 0.325 e. The van der Waals surface area contributed by atoms with Crippen LogP contribution >= 0.6 is 0 Å². The summed E-state index contributed by atoms with van der Waals surface area (Å²) in [6.07, 6.45) is -0.412. The number of carbonyl (C=O) groups is 1. The number of aliphatic hydroxyl groups excluding tert-OH is 1. The van der Waals surface area contributed by atoms with Crippen molar-refractivity contribution in [3.63, 3.8) is 0 Å². The molecule has 3 N–H and O–H groups in total. The van der Waals surface area contributed by atoms with Gasteiger partial charge in [-0.1, -0.05) is 37.3 Å². The van der Waals surface area contributed by atoms with Crippen molar-refractivity contribution in [1.82, 2.24) is 0 Å². The summed E-state index contributed by atoms with van der Waals surface area (Å²) in [7, 11) is 0. The Morgan fingerprint density at radius 3 is 2.62 bits per heavy atom. The van der Waals surface area contributed by atoms with Crippen LogP contribution in [0.3, 0.4) is 0 Å². The van der Waals surface area contributed by atoms with Crippen LogP contribution in [-0.4, -0.2) is 23.2 Å². The van der Waals surface area contributed by atoms with Crippen LogP contribution < -0.4 is 5.73 Å². The molecule has 4 nitrogen and oxygen atoms in total. The average molecular weight is 223 g/mol. The fourth-order valence-corrected chi connectivity index (χ4v) is 1.24. The predicted octanol–water partition coefficient (Wildman–Crippen LogP) is 0.828. The molecule has 1 unspecified atom stereocenters. The Hall–Kier alpha value is -1.39. The van der Waals surface area contributed by atoms with E-state index in [1.54, 1.807) is 6.92 Å². The molecule has 0 aromatic heterocycles. The number of rotatable bonds is 5. The standard InChI is InChI=1S/C12H17NO3/c1-2-10(14)11(13)12(15)16-8-9-6-4-3-5-7-9/h3-7,10-11,14H,2,8,13H2,1H3/t10?,11-/m0/s1. The van der Waals surface area contributed by atoms with Gasteiger partial charge in [0.1, 0.15) is 12.6 Å². The number of esters is 1. The Bertz CT molecular complexity index is 326. The van der Waals surface area contributed by atoms with Crippen molar-refractivity contribution >= 4 is 5.97 Å². The van der Waals surface area contributed by atoms with E-state index in [1.807, 2.05) is 30.3 Å². The molecule has 16 heavy (non-hydrogen) atoms. The number of ether oxygens (including phenoxy) is 1. The van der Waals surface area contributed by atoms with E-state index in [0.29, 0.717) is 6.42 Å². The van der Waals surface area contributed by atoms with Crippen LogP contribution in [-0.2, 0) is 16.1 Å². The molecule has 2 atom stereocenters. The summed E-state index contributed by atoms with van der Waals surface area (Å²) in [6, 6.07) is 8.37. The number of carbonyl (C=O) groups excluding carboxylic acids is 1. The summed E-state index contributed by atoms with van der Waals surface area (Å²) in [6.45, 7) is 1.94. The van der Waals surface area contributed by atoms with Gasteiger partial charge in [0.2, 0.25) is 0 Å². The molecule has 0 radical (unpaired) electrons. The third kappa shape index (κ3) is 3.64. The van der Waals surface area contributed by atoms with Crippen molar-refractivity contribution in [2.24, 2.45) is 5.73 Å². The van der Waals surface area contributed by atoms with Gasteiger partial charge in [0.05, 0.1) is 6.10 Å². The maximum absolute atomic E-state index is 11.4. The molecule has 0 fully saturated rings. The van der Waals surface area contributed by atoms with Gasteiger partial charge < -0.3 is 15.6 Å². The monoisotopic (exact) mass is 223 g/mol. The van der Waals surface area contributed by atoms with Crippen LogP contribution in [0.2, 0.25) is 0 Å². The van der Waals surface area contributed by atoms with Crippen molar-refractivity contribution in [2.75, 3.05) is 0 Å². The Morgan fingerprint density at radius 2 is 2.06 bits per heavy atom. The average Bonchev–Trinajstić information content (AvgIpc) is 2.35. The highest BCUT2D eigenvalue weighted by Crippen LogP contribution is 2.03. The Balaban J connectivity index is 2.41. The highest BCUT2D eigenvalue weighted by molar-refractivity contribution is 5.76. The summed E-state index contributed by atoms with van der Waals surface area (Å²) in [5, 5.41) is 9.37. The fourth-order valence-electron chi connectivity index (χ4n) is 1.24. The number of aliphatic hydroxyl groups is 1. The molecule has 0 saturated heterocycles. The highest BCUT2D eigenvalue weighted by atomic mass is 16.5. The molecule has 1 aromatic rings. The lowest BCUT2D eigenvalue weighted by Gasteiger charge is -2.15. The van der Waals surface area contributed by atoms with E-state index >= 15 is 0 Å². The molecular formula is C12H17NO3. The van der Waals surface area contributed by atoms with Gasteiger partial charge in [0, 0.05) is 0 Å². The molecular weight excluding hydrogens is 206 g/mol. The number of hydrogen-bond acceptors (Lipinski definition) is 4. The highest BCUT2D eigenvalue weighted by Gasteiger charge is 2.22. The summed E-state index contributed by atoms with van der Waals surface area (Å²) >= 11 is 0. The fraction of sp³-hybridized carbons (Fsp3) is 0.417. The van der Waals surface area contributed by atoms with E-state index in [9.17, 15) is 9.90 Å². The molecule has 88 valence electrons. The normalized spacial score (nSPS) is 14.2. The number of nitrogens with two attached hydrogens (primary N) is 1. The van der Waals surface area contributed by atoms with E-state index in [4.69, 9.17) is 10.5 Å². The topological polar surface area (TPSA) is 72.5 Å². The molecule has 0 saturated carbocycles. The largest absolute Gasteiger partial charge is 0.460 e. The summed E-state index contributed by atoms with van der Waals surface area (Å²) in [5.74, 6) is -0.571. The molecule has 1 rings (SSSR count). The minimum Gasteiger partial charge on any atom is -0.460 e. The van der Waals surface area contributed by atoms with Gasteiger partial charge in [0.25, 0.3) is 0 Å². The summed E-state index contributed by atoms with van der Waals surface area (Å²) in [4.78, 5) is 11.4. The minimum atomic E-state index is -0.964. The van der Waals surface area contributed by atoms with Crippen LogP contribution in [0, 0.1) is 0 Å². The minimum absolute atomic E-state index is 0.184. The van der Waals surface area contributed by atoms with Crippen LogP contribution in [0.25, 0.3) is 0 Å². The molecule has 0 bridgehead atoms. The zero-order chi connectivity index (χ0) is 12.0. The molecule has 0 amide bonds. The van der Waals surface area contributed by atoms with Gasteiger partial charge in [-0.3, -0.25) is 4.79 Å². The Morgan fingerprint density at radius 1 is 1.44 bits per heavy atom. The predicted molar refractivity (Wildman–Crippen MR) is 60.5 cm³/mol. The molecule has 0 aliphatic rings. The quantitative estimate of drug-likeness (QED) is 0.725. The van der Waals surface area contributed by atoms with Gasteiger partial charge in [0.15, 0.2) is 0 Å². The maximum atomic E-state index is 11.4. The third-order valence-corrected chi connectivity index (χ3v) is 2.33. The Labute approximate surface area is 95.0 Å². The molecule has 0 aliphatic heterocycles. The van der Waals surface area contributed by atoms with Crippen molar-refractivity contribution in [3.05, 3.63) is 35.9 Å². The van der Waals surface area contributed by atoms with Gasteiger partial charge in [-0.05, 0) is 12.0 Å². The first-order valence-corrected chi connectivity index (χ1v) is 5.29. The van der Waals surface area contributed by atoms with Crippen LogP contribution in [0.1, 0.15) is 18.9 Å². The van der Waals surface area contributed by atoms with Crippen LogP contribution in [0.5, 0.6) is 0 Å². The summed E-state index contributed by atoms with van der Waals surface area (Å²) < 4.78 is 4.99. The van der Waals surface area contributed by atoms with Crippen molar-refractivity contribution < 1.29 is 14.6 Å². The lowest BCUT2D eigenvalue weighted by molar-refractivity contribution is -0.149. The van der Waals surface area contributed by atoms with E-state index in [1.165, 1.54) is 0 Å². The molecule has 0 heterocycles.